The largest absolute Gasteiger partial charge is 0.372 e. The second-order valence-electron chi connectivity index (χ2n) is 5.17. The standard InChI is InChI=1S/C15H20N4O/c1-2-8-19(9-3-1)14-6-4-13(5-7-14)10-16-11-15-17-12-20-18-15/h4-7,12,16H,1-3,8-11H2. The van der Waals surface area contributed by atoms with Crippen molar-refractivity contribution < 1.29 is 4.52 Å². The first-order valence-electron chi connectivity index (χ1n) is 7.22. The van der Waals surface area contributed by atoms with E-state index in [0.29, 0.717) is 12.4 Å². The van der Waals surface area contributed by atoms with Gasteiger partial charge in [0.1, 0.15) is 0 Å². The number of anilines is 1. The van der Waals surface area contributed by atoms with Crippen molar-refractivity contribution in [2.45, 2.75) is 32.4 Å². The Morgan fingerprint density at radius 2 is 1.85 bits per heavy atom. The summed E-state index contributed by atoms with van der Waals surface area (Å²) in [5, 5.41) is 7.07. The second kappa shape index (κ2) is 6.52. The van der Waals surface area contributed by atoms with E-state index >= 15 is 0 Å². The molecule has 0 spiro atoms. The highest BCUT2D eigenvalue weighted by atomic mass is 16.5. The van der Waals surface area contributed by atoms with Gasteiger partial charge in [0.05, 0.1) is 6.54 Å². The third-order valence-corrected chi connectivity index (χ3v) is 3.68. The van der Waals surface area contributed by atoms with E-state index in [2.05, 4.69) is 44.6 Å². The van der Waals surface area contributed by atoms with Crippen molar-refractivity contribution in [2.24, 2.45) is 0 Å². The number of hydrogen-bond donors (Lipinski definition) is 1. The molecule has 0 saturated carbocycles. The number of hydrogen-bond acceptors (Lipinski definition) is 5. The molecule has 0 bridgehead atoms. The Kier molecular flexibility index (Phi) is 4.28. The zero-order valence-corrected chi connectivity index (χ0v) is 11.6. The highest BCUT2D eigenvalue weighted by Gasteiger charge is 2.10. The van der Waals surface area contributed by atoms with Crippen LogP contribution in [0.4, 0.5) is 5.69 Å². The van der Waals surface area contributed by atoms with E-state index < -0.39 is 0 Å². The maximum Gasteiger partial charge on any atom is 0.213 e. The minimum atomic E-state index is 0.629. The Balaban J connectivity index is 1.50. The van der Waals surface area contributed by atoms with Crippen molar-refractivity contribution in [2.75, 3.05) is 18.0 Å². The van der Waals surface area contributed by atoms with E-state index in [4.69, 9.17) is 4.52 Å². The van der Waals surface area contributed by atoms with Gasteiger partial charge in [-0.25, -0.2) is 0 Å². The Morgan fingerprint density at radius 3 is 2.55 bits per heavy atom. The van der Waals surface area contributed by atoms with Gasteiger partial charge in [0.15, 0.2) is 5.82 Å². The molecular formula is C15H20N4O. The van der Waals surface area contributed by atoms with Crippen LogP contribution in [-0.4, -0.2) is 23.2 Å². The van der Waals surface area contributed by atoms with Crippen molar-refractivity contribution in [3.8, 4) is 0 Å². The van der Waals surface area contributed by atoms with E-state index in [1.807, 2.05) is 0 Å². The lowest BCUT2D eigenvalue weighted by Crippen LogP contribution is -2.29. The average Bonchev–Trinajstić information content (AvgIpc) is 3.02. The Morgan fingerprint density at radius 1 is 1.05 bits per heavy atom. The van der Waals surface area contributed by atoms with E-state index in [1.54, 1.807) is 0 Å². The van der Waals surface area contributed by atoms with Crippen LogP contribution in [0.1, 0.15) is 30.7 Å². The second-order valence-corrected chi connectivity index (χ2v) is 5.17. The summed E-state index contributed by atoms with van der Waals surface area (Å²) in [6, 6.07) is 8.81. The summed E-state index contributed by atoms with van der Waals surface area (Å²) in [4.78, 5) is 6.45. The third-order valence-electron chi connectivity index (χ3n) is 3.68. The van der Waals surface area contributed by atoms with Crippen molar-refractivity contribution in [3.05, 3.63) is 42.0 Å². The number of nitrogens with one attached hydrogen (secondary N) is 1. The maximum absolute atomic E-state index is 4.69. The summed E-state index contributed by atoms with van der Waals surface area (Å²) in [7, 11) is 0. The first kappa shape index (κ1) is 13.1. The molecule has 1 N–H and O–H groups in total. The number of aromatic nitrogens is 2. The summed E-state index contributed by atoms with van der Waals surface area (Å²) < 4.78 is 4.69. The minimum absolute atomic E-state index is 0.629. The van der Waals surface area contributed by atoms with E-state index in [1.165, 1.54) is 50.0 Å². The van der Waals surface area contributed by atoms with Crippen molar-refractivity contribution in [1.29, 1.82) is 0 Å². The molecule has 2 aromatic rings. The highest BCUT2D eigenvalue weighted by Crippen LogP contribution is 2.20. The predicted molar refractivity (Wildman–Crippen MR) is 77.3 cm³/mol. The van der Waals surface area contributed by atoms with Crippen LogP contribution in [0.3, 0.4) is 0 Å². The lowest BCUT2D eigenvalue weighted by Gasteiger charge is -2.28. The molecular weight excluding hydrogens is 252 g/mol. The quantitative estimate of drug-likeness (QED) is 0.905. The fourth-order valence-corrected chi connectivity index (χ4v) is 2.57. The Hall–Kier alpha value is -1.88. The van der Waals surface area contributed by atoms with Crippen molar-refractivity contribution in [3.63, 3.8) is 0 Å². The topological polar surface area (TPSA) is 54.2 Å². The van der Waals surface area contributed by atoms with E-state index in [9.17, 15) is 0 Å². The van der Waals surface area contributed by atoms with Gasteiger partial charge in [-0.15, -0.1) is 0 Å². The molecule has 1 aliphatic heterocycles. The molecule has 0 atom stereocenters. The minimum Gasteiger partial charge on any atom is -0.372 e. The fraction of sp³-hybridized carbons (Fsp3) is 0.467. The molecule has 1 aromatic carbocycles. The lowest BCUT2D eigenvalue weighted by atomic mass is 10.1. The zero-order valence-electron chi connectivity index (χ0n) is 11.6. The molecule has 1 fully saturated rings. The average molecular weight is 272 g/mol. The highest BCUT2D eigenvalue weighted by molar-refractivity contribution is 5.47. The molecule has 2 heterocycles. The van der Waals surface area contributed by atoms with Crippen LogP contribution in [0.25, 0.3) is 0 Å². The van der Waals surface area contributed by atoms with Crippen LogP contribution in [-0.2, 0) is 13.1 Å². The molecule has 20 heavy (non-hydrogen) atoms. The van der Waals surface area contributed by atoms with Crippen LogP contribution in [0.15, 0.2) is 35.2 Å². The number of nitrogens with zero attached hydrogens (tertiary/aromatic N) is 3. The lowest BCUT2D eigenvalue weighted by molar-refractivity contribution is 0.407. The predicted octanol–water partition coefficient (Wildman–Crippen LogP) is 2.35. The van der Waals surface area contributed by atoms with Crippen LogP contribution < -0.4 is 10.2 Å². The van der Waals surface area contributed by atoms with Crippen LogP contribution >= 0.6 is 0 Å². The molecule has 1 aromatic heterocycles. The molecule has 3 rings (SSSR count). The van der Waals surface area contributed by atoms with Gasteiger partial charge in [-0.05, 0) is 37.0 Å². The monoisotopic (exact) mass is 272 g/mol. The first-order chi connectivity index (χ1) is 9.92. The summed E-state index contributed by atoms with van der Waals surface area (Å²) in [5.41, 5.74) is 2.61. The molecule has 1 aliphatic rings. The molecule has 0 amide bonds. The van der Waals surface area contributed by atoms with Gasteiger partial charge < -0.3 is 14.7 Å². The van der Waals surface area contributed by atoms with Crippen LogP contribution in [0, 0.1) is 0 Å². The first-order valence-corrected chi connectivity index (χ1v) is 7.22. The molecule has 1 saturated heterocycles. The molecule has 5 heteroatoms. The third kappa shape index (κ3) is 3.36. The normalized spacial score (nSPS) is 15.5. The maximum atomic E-state index is 4.69. The van der Waals surface area contributed by atoms with Gasteiger partial charge in [0.2, 0.25) is 6.39 Å². The number of piperidine rings is 1. The van der Waals surface area contributed by atoms with Gasteiger partial charge >= 0.3 is 0 Å². The molecule has 0 unspecified atom stereocenters. The number of benzene rings is 1. The fourth-order valence-electron chi connectivity index (χ4n) is 2.57. The van der Waals surface area contributed by atoms with E-state index in [0.717, 1.165) is 6.54 Å². The zero-order chi connectivity index (χ0) is 13.6. The van der Waals surface area contributed by atoms with Crippen LogP contribution in [0.2, 0.25) is 0 Å². The van der Waals surface area contributed by atoms with Gasteiger partial charge in [0, 0.05) is 25.3 Å². The SMILES string of the molecule is c1nc(CNCc2ccc(N3CCCCC3)cc2)no1. The molecule has 5 nitrogen and oxygen atoms in total. The van der Waals surface area contributed by atoms with Crippen LogP contribution in [0.5, 0.6) is 0 Å². The Labute approximate surface area is 119 Å². The van der Waals surface area contributed by atoms with Crippen molar-refractivity contribution >= 4 is 5.69 Å². The smallest absolute Gasteiger partial charge is 0.213 e. The summed E-state index contributed by atoms with van der Waals surface area (Å²) in [6.45, 7) is 3.82. The Bertz CT molecular complexity index is 503. The van der Waals surface area contributed by atoms with Gasteiger partial charge in [-0.2, -0.15) is 4.98 Å². The number of rotatable bonds is 5. The molecule has 106 valence electrons. The summed E-state index contributed by atoms with van der Waals surface area (Å²) >= 11 is 0. The summed E-state index contributed by atoms with van der Waals surface area (Å²) in [6.07, 6.45) is 5.35. The molecule has 0 radical (unpaired) electrons. The van der Waals surface area contributed by atoms with Crippen molar-refractivity contribution in [1.82, 2.24) is 15.5 Å². The van der Waals surface area contributed by atoms with Gasteiger partial charge in [-0.3, -0.25) is 0 Å². The van der Waals surface area contributed by atoms with E-state index in [-0.39, 0.29) is 0 Å². The summed E-state index contributed by atoms with van der Waals surface area (Å²) in [5.74, 6) is 0.690. The molecule has 0 aliphatic carbocycles. The van der Waals surface area contributed by atoms with Gasteiger partial charge in [0.25, 0.3) is 0 Å². The van der Waals surface area contributed by atoms with Gasteiger partial charge in [-0.1, -0.05) is 17.3 Å².